The van der Waals surface area contributed by atoms with Crippen molar-refractivity contribution in [1.29, 1.82) is 0 Å². The van der Waals surface area contributed by atoms with Crippen molar-refractivity contribution in [3.05, 3.63) is 0 Å². The van der Waals surface area contributed by atoms with Crippen LogP contribution in [0.2, 0.25) is 0 Å². The zero-order valence-corrected chi connectivity index (χ0v) is 18.0. The summed E-state index contributed by atoms with van der Waals surface area (Å²) in [5.74, 6) is 0.487. The lowest BCUT2D eigenvalue weighted by molar-refractivity contribution is -0.315. The van der Waals surface area contributed by atoms with Gasteiger partial charge in [-0.3, -0.25) is 0 Å². The molecule has 0 aliphatic heterocycles. The molecule has 7 heteroatoms. The van der Waals surface area contributed by atoms with Crippen LogP contribution in [0, 0.1) is 11.3 Å². The van der Waals surface area contributed by atoms with E-state index in [1.165, 1.54) is 0 Å². The molecule has 4 atom stereocenters. The summed E-state index contributed by atoms with van der Waals surface area (Å²) in [7, 11) is 3.32. The van der Waals surface area contributed by atoms with Gasteiger partial charge in [0, 0.05) is 26.1 Å². The van der Waals surface area contributed by atoms with Gasteiger partial charge in [0.1, 0.15) is 13.6 Å². The second-order valence-corrected chi connectivity index (χ2v) is 9.54. The van der Waals surface area contributed by atoms with Crippen molar-refractivity contribution < 1.29 is 33.5 Å². The summed E-state index contributed by atoms with van der Waals surface area (Å²) in [6, 6.07) is 0. The second-order valence-electron chi connectivity index (χ2n) is 9.54. The fraction of sp³-hybridized carbons (Fsp3) is 1.00. The minimum Gasteiger partial charge on any atom is -0.390 e. The predicted octanol–water partition coefficient (Wildman–Crippen LogP) is 2.49. The standard InChI is InChI=1S/C21H38O7/c1-18(2,22)19-9-17-10-20(12-19,27-15-25-7-5-23-3)14-21(11-17,13-19)28-16-26-8-6-24-4/h17,22H,5-16H2,1-4H3/t17?,19?,20-,21+. The summed E-state index contributed by atoms with van der Waals surface area (Å²) < 4.78 is 34.0. The molecule has 0 amide bonds. The largest absolute Gasteiger partial charge is 0.390 e. The van der Waals surface area contributed by atoms with E-state index in [9.17, 15) is 5.11 Å². The molecule has 0 aromatic heterocycles. The average Bonchev–Trinajstić information content (AvgIpc) is 2.59. The maximum atomic E-state index is 11.1. The predicted molar refractivity (Wildman–Crippen MR) is 103 cm³/mol. The van der Waals surface area contributed by atoms with Crippen molar-refractivity contribution in [1.82, 2.24) is 0 Å². The van der Waals surface area contributed by atoms with E-state index >= 15 is 0 Å². The molecule has 0 spiro atoms. The molecule has 0 radical (unpaired) electrons. The highest BCUT2D eigenvalue weighted by molar-refractivity contribution is 5.19. The molecule has 4 rings (SSSR count). The second kappa shape index (κ2) is 8.84. The van der Waals surface area contributed by atoms with Crippen molar-refractivity contribution in [2.75, 3.05) is 54.2 Å². The Morgan fingerprint density at radius 1 is 0.786 bits per heavy atom. The Labute approximate surface area is 168 Å². The first-order valence-corrected chi connectivity index (χ1v) is 10.4. The third kappa shape index (κ3) is 4.72. The normalized spacial score (nSPS) is 37.0. The van der Waals surface area contributed by atoms with Crippen molar-refractivity contribution >= 4 is 0 Å². The summed E-state index contributed by atoms with van der Waals surface area (Å²) >= 11 is 0. The lowest BCUT2D eigenvalue weighted by Crippen LogP contribution is -2.69. The van der Waals surface area contributed by atoms with E-state index in [0.29, 0.717) is 32.3 Å². The van der Waals surface area contributed by atoms with Crippen LogP contribution in [0.15, 0.2) is 0 Å². The van der Waals surface area contributed by atoms with Gasteiger partial charge in [0.05, 0.1) is 43.2 Å². The first-order valence-electron chi connectivity index (χ1n) is 10.4. The van der Waals surface area contributed by atoms with Gasteiger partial charge in [-0.15, -0.1) is 0 Å². The molecule has 0 aromatic rings. The molecule has 28 heavy (non-hydrogen) atoms. The molecule has 0 saturated heterocycles. The number of methoxy groups -OCH3 is 2. The van der Waals surface area contributed by atoms with Crippen LogP contribution >= 0.6 is 0 Å². The Hall–Kier alpha value is -0.280. The monoisotopic (exact) mass is 402 g/mol. The summed E-state index contributed by atoms with van der Waals surface area (Å²) in [5, 5.41) is 11.1. The van der Waals surface area contributed by atoms with E-state index in [1.54, 1.807) is 14.2 Å². The van der Waals surface area contributed by atoms with E-state index < -0.39 is 5.60 Å². The fourth-order valence-corrected chi connectivity index (χ4v) is 6.00. The molecular weight excluding hydrogens is 364 g/mol. The Bertz CT molecular complexity index is 473. The van der Waals surface area contributed by atoms with Crippen LogP contribution in [0.4, 0.5) is 0 Å². The lowest BCUT2D eigenvalue weighted by Gasteiger charge is -2.68. The Morgan fingerprint density at radius 2 is 1.29 bits per heavy atom. The van der Waals surface area contributed by atoms with Gasteiger partial charge in [-0.25, -0.2) is 0 Å². The van der Waals surface area contributed by atoms with E-state index in [2.05, 4.69) is 0 Å². The van der Waals surface area contributed by atoms with Crippen LogP contribution in [0.5, 0.6) is 0 Å². The van der Waals surface area contributed by atoms with Gasteiger partial charge in [0.2, 0.25) is 0 Å². The third-order valence-corrected chi connectivity index (χ3v) is 7.02. The maximum Gasteiger partial charge on any atom is 0.147 e. The van der Waals surface area contributed by atoms with Crippen LogP contribution < -0.4 is 0 Å². The molecule has 1 N–H and O–H groups in total. The molecule has 0 heterocycles. The van der Waals surface area contributed by atoms with Gasteiger partial charge in [-0.05, 0) is 51.9 Å². The molecule has 0 aromatic carbocycles. The van der Waals surface area contributed by atoms with Crippen molar-refractivity contribution in [2.24, 2.45) is 11.3 Å². The summed E-state index contributed by atoms with van der Waals surface area (Å²) in [4.78, 5) is 0. The van der Waals surface area contributed by atoms with Gasteiger partial charge in [0.15, 0.2) is 0 Å². The topological polar surface area (TPSA) is 75.6 Å². The highest BCUT2D eigenvalue weighted by Gasteiger charge is 2.68. The Morgan fingerprint density at radius 3 is 1.71 bits per heavy atom. The molecule has 4 saturated carbocycles. The fourth-order valence-electron chi connectivity index (χ4n) is 6.00. The summed E-state index contributed by atoms with van der Waals surface area (Å²) in [5.41, 5.74) is -1.60. The SMILES string of the molecule is COCCOCO[C@@]12CC3CC(C(C)(C)O)(C1)C[C@](OCOCCOC)(C3)C2. The van der Waals surface area contributed by atoms with Crippen molar-refractivity contribution in [2.45, 2.75) is 69.2 Å². The Balaban J connectivity index is 1.70. The van der Waals surface area contributed by atoms with Gasteiger partial charge < -0.3 is 33.5 Å². The molecule has 2 unspecified atom stereocenters. The third-order valence-electron chi connectivity index (χ3n) is 7.02. The number of aliphatic hydroxyl groups is 1. The highest BCUT2D eigenvalue weighted by Crippen LogP contribution is 2.68. The van der Waals surface area contributed by atoms with Crippen LogP contribution in [-0.2, 0) is 28.4 Å². The van der Waals surface area contributed by atoms with Gasteiger partial charge in [-0.1, -0.05) is 0 Å². The zero-order chi connectivity index (χ0) is 20.3. The quantitative estimate of drug-likeness (QED) is 0.375. The molecule has 4 aliphatic rings. The minimum absolute atomic E-state index is 0.203. The molecule has 4 aliphatic carbocycles. The van der Waals surface area contributed by atoms with E-state index in [1.807, 2.05) is 13.8 Å². The molecule has 4 fully saturated rings. The van der Waals surface area contributed by atoms with Crippen LogP contribution in [-0.4, -0.2) is 76.1 Å². The van der Waals surface area contributed by atoms with Gasteiger partial charge >= 0.3 is 0 Å². The van der Waals surface area contributed by atoms with E-state index in [-0.39, 0.29) is 30.2 Å². The van der Waals surface area contributed by atoms with Crippen molar-refractivity contribution in [3.63, 3.8) is 0 Å². The van der Waals surface area contributed by atoms with E-state index in [0.717, 1.165) is 38.5 Å². The summed E-state index contributed by atoms with van der Waals surface area (Å²) in [6.07, 6.45) is 5.58. The smallest absolute Gasteiger partial charge is 0.147 e. The molecule has 7 nitrogen and oxygen atoms in total. The first-order chi connectivity index (χ1) is 13.3. The number of rotatable bonds is 13. The number of hydrogen-bond donors (Lipinski definition) is 1. The Kier molecular flexibility index (Phi) is 7.07. The summed E-state index contributed by atoms with van der Waals surface area (Å²) in [6.45, 7) is 6.51. The average molecular weight is 403 g/mol. The lowest BCUT2D eigenvalue weighted by atomic mass is 9.43. The minimum atomic E-state index is -0.788. The van der Waals surface area contributed by atoms with E-state index in [4.69, 9.17) is 28.4 Å². The molecule has 4 bridgehead atoms. The molecule has 164 valence electrons. The highest BCUT2D eigenvalue weighted by atomic mass is 16.7. The maximum absolute atomic E-state index is 11.1. The number of hydrogen-bond acceptors (Lipinski definition) is 7. The van der Waals surface area contributed by atoms with Crippen molar-refractivity contribution in [3.8, 4) is 0 Å². The van der Waals surface area contributed by atoms with Gasteiger partial charge in [-0.2, -0.15) is 0 Å². The van der Waals surface area contributed by atoms with Crippen LogP contribution in [0.25, 0.3) is 0 Å². The number of ether oxygens (including phenoxy) is 6. The van der Waals surface area contributed by atoms with Gasteiger partial charge in [0.25, 0.3) is 0 Å². The molecular formula is C21H38O7. The van der Waals surface area contributed by atoms with Crippen LogP contribution in [0.1, 0.15) is 52.4 Å². The van der Waals surface area contributed by atoms with Crippen LogP contribution in [0.3, 0.4) is 0 Å². The zero-order valence-electron chi connectivity index (χ0n) is 18.0. The first kappa shape index (κ1) is 22.4.